The average Bonchev–Trinajstić information content (AvgIpc) is 3.00. The number of halogens is 2. The van der Waals surface area contributed by atoms with Gasteiger partial charge < -0.3 is 25.4 Å². The van der Waals surface area contributed by atoms with Crippen molar-refractivity contribution in [3.8, 4) is 22.9 Å². The lowest BCUT2D eigenvalue weighted by molar-refractivity contribution is -0.138. The van der Waals surface area contributed by atoms with Crippen LogP contribution in [0.5, 0.6) is 11.6 Å². The lowest BCUT2D eigenvalue weighted by atomic mass is 9.96. The van der Waals surface area contributed by atoms with Crippen LogP contribution in [0.25, 0.3) is 11.3 Å². The number of benzene rings is 1. The number of rotatable bonds is 10. The Morgan fingerprint density at radius 1 is 0.955 bits per heavy atom. The van der Waals surface area contributed by atoms with Gasteiger partial charge in [-0.3, -0.25) is 14.6 Å². The number of piperazine rings is 1. The van der Waals surface area contributed by atoms with Crippen molar-refractivity contribution in [2.45, 2.75) is 19.4 Å². The molecule has 0 bridgehead atoms. The van der Waals surface area contributed by atoms with E-state index < -0.39 is 5.97 Å². The van der Waals surface area contributed by atoms with E-state index in [4.69, 9.17) is 38.0 Å². The molecule has 2 aliphatic heterocycles. The molecular formula is C30H36Cl2N8O4. The number of carboxylic acids is 1. The predicted octanol–water partition coefficient (Wildman–Crippen LogP) is 3.99. The Morgan fingerprint density at radius 3 is 2.27 bits per heavy atom. The third-order valence-corrected chi connectivity index (χ3v) is 8.20. The minimum Gasteiger partial charge on any atom is -0.480 e. The van der Waals surface area contributed by atoms with Crippen molar-refractivity contribution in [2.75, 3.05) is 64.3 Å². The number of carbonyl (C=O) groups is 2. The minimum atomic E-state index is -0.827. The largest absolute Gasteiger partial charge is 0.480 e. The number of likely N-dealkylation sites (tertiary alicyclic amines) is 1. The number of amides is 2. The highest BCUT2D eigenvalue weighted by Crippen LogP contribution is 2.31. The normalized spacial score (nSPS) is 16.5. The summed E-state index contributed by atoms with van der Waals surface area (Å²) < 4.78 is 6.16. The zero-order valence-electron chi connectivity index (χ0n) is 24.5. The van der Waals surface area contributed by atoms with Crippen LogP contribution in [-0.2, 0) is 11.3 Å². The Hall–Kier alpha value is -3.71. The molecule has 2 amide bonds. The Kier molecular flexibility index (Phi) is 10.7. The standard InChI is InChI=1S/C30H36Cl2N8O4/c1-33-30(43)36-15-20-2-4-38(5-3-20)18-21-10-26(22-12-23(31)14-24(32)13-22)37-27(11-21)44-25-16-34-29(35-17-25)40-8-6-39(7-9-40)19-28(41)42/h10-14,16-17,20H,2-9,15,18-19H2,1H3,(H,41,42)(H2,33,36,43). The Labute approximate surface area is 266 Å². The van der Waals surface area contributed by atoms with E-state index in [2.05, 4.69) is 25.5 Å². The summed E-state index contributed by atoms with van der Waals surface area (Å²) in [5.41, 5.74) is 2.49. The molecule has 0 spiro atoms. The quantitative estimate of drug-likeness (QED) is 0.298. The topological polar surface area (TPSA) is 136 Å². The molecule has 44 heavy (non-hydrogen) atoms. The molecule has 12 nitrogen and oxygen atoms in total. The van der Waals surface area contributed by atoms with E-state index in [0.717, 1.165) is 37.1 Å². The monoisotopic (exact) mass is 642 g/mol. The molecule has 2 saturated heterocycles. The highest BCUT2D eigenvalue weighted by Gasteiger charge is 2.22. The van der Waals surface area contributed by atoms with Gasteiger partial charge in [-0.05, 0) is 61.7 Å². The molecule has 1 aromatic carbocycles. The van der Waals surface area contributed by atoms with Crippen molar-refractivity contribution in [3.63, 3.8) is 0 Å². The Balaban J connectivity index is 1.28. The van der Waals surface area contributed by atoms with Gasteiger partial charge in [0.25, 0.3) is 0 Å². The van der Waals surface area contributed by atoms with Crippen LogP contribution in [0.1, 0.15) is 18.4 Å². The number of anilines is 1. The summed E-state index contributed by atoms with van der Waals surface area (Å²) >= 11 is 12.6. The van der Waals surface area contributed by atoms with Gasteiger partial charge in [-0.2, -0.15) is 0 Å². The highest BCUT2D eigenvalue weighted by molar-refractivity contribution is 6.35. The number of ether oxygens (including phenoxy) is 1. The number of hydrogen-bond acceptors (Lipinski definition) is 9. The number of nitrogens with zero attached hydrogens (tertiary/aromatic N) is 6. The summed E-state index contributed by atoms with van der Waals surface area (Å²) in [6.45, 7) is 5.78. The Bertz CT molecular complexity index is 1430. The number of urea groups is 1. The van der Waals surface area contributed by atoms with Crippen molar-refractivity contribution in [1.29, 1.82) is 0 Å². The molecular weight excluding hydrogens is 607 g/mol. The number of carboxylic acid groups (broad SMARTS) is 1. The van der Waals surface area contributed by atoms with Gasteiger partial charge in [-0.25, -0.2) is 19.7 Å². The molecule has 0 radical (unpaired) electrons. The lowest BCUT2D eigenvalue weighted by Gasteiger charge is -2.33. The number of pyridine rings is 1. The van der Waals surface area contributed by atoms with Crippen LogP contribution in [-0.4, -0.2) is 101 Å². The van der Waals surface area contributed by atoms with Crippen LogP contribution < -0.4 is 20.3 Å². The van der Waals surface area contributed by atoms with Gasteiger partial charge in [0.1, 0.15) is 0 Å². The van der Waals surface area contributed by atoms with Crippen LogP contribution in [0.4, 0.5) is 10.7 Å². The zero-order chi connectivity index (χ0) is 31.1. The molecule has 3 N–H and O–H groups in total. The first-order chi connectivity index (χ1) is 21.2. The lowest BCUT2D eigenvalue weighted by Crippen LogP contribution is -2.48. The van der Waals surface area contributed by atoms with E-state index in [0.29, 0.717) is 78.5 Å². The van der Waals surface area contributed by atoms with Gasteiger partial charge in [0.2, 0.25) is 11.8 Å². The number of hydrogen-bond donors (Lipinski definition) is 3. The number of piperidine rings is 1. The number of aromatic nitrogens is 3. The molecule has 234 valence electrons. The van der Waals surface area contributed by atoms with Crippen molar-refractivity contribution in [3.05, 3.63) is 58.3 Å². The third-order valence-electron chi connectivity index (χ3n) is 7.76. The molecule has 4 heterocycles. The van der Waals surface area contributed by atoms with Crippen molar-refractivity contribution in [2.24, 2.45) is 5.92 Å². The minimum absolute atomic E-state index is 0.0335. The molecule has 0 atom stereocenters. The molecule has 3 aromatic rings. The molecule has 0 aliphatic carbocycles. The summed E-state index contributed by atoms with van der Waals surface area (Å²) in [6.07, 6.45) is 5.22. The zero-order valence-corrected chi connectivity index (χ0v) is 26.0. The van der Waals surface area contributed by atoms with E-state index in [1.807, 2.05) is 34.1 Å². The summed E-state index contributed by atoms with van der Waals surface area (Å²) in [4.78, 5) is 42.6. The van der Waals surface area contributed by atoms with E-state index in [1.54, 1.807) is 25.5 Å². The maximum Gasteiger partial charge on any atom is 0.317 e. The van der Waals surface area contributed by atoms with Gasteiger partial charge in [0, 0.05) is 68.0 Å². The molecule has 2 fully saturated rings. The van der Waals surface area contributed by atoms with Gasteiger partial charge in [0.05, 0.1) is 24.6 Å². The second-order valence-electron chi connectivity index (χ2n) is 11.0. The second kappa shape index (κ2) is 14.8. The third kappa shape index (κ3) is 8.91. The fraction of sp³-hybridized carbons (Fsp3) is 0.433. The van der Waals surface area contributed by atoms with E-state index in [9.17, 15) is 9.59 Å². The van der Waals surface area contributed by atoms with Gasteiger partial charge >= 0.3 is 12.0 Å². The SMILES string of the molecule is CNC(=O)NCC1CCN(Cc2cc(Oc3cnc(N4CCN(CC(=O)O)CC4)nc3)nc(-c3cc(Cl)cc(Cl)c3)c2)CC1. The predicted molar refractivity (Wildman–Crippen MR) is 169 cm³/mol. The van der Waals surface area contributed by atoms with Crippen LogP contribution in [0.15, 0.2) is 42.7 Å². The maximum atomic E-state index is 11.5. The fourth-order valence-corrected chi connectivity index (χ4v) is 5.95. The van der Waals surface area contributed by atoms with Gasteiger partial charge in [-0.15, -0.1) is 0 Å². The first kappa shape index (κ1) is 31.7. The maximum absolute atomic E-state index is 11.5. The van der Waals surface area contributed by atoms with Crippen LogP contribution >= 0.6 is 23.2 Å². The molecule has 0 unspecified atom stereocenters. The molecule has 0 saturated carbocycles. The molecule has 5 rings (SSSR count). The number of nitrogens with one attached hydrogen (secondary N) is 2. The van der Waals surface area contributed by atoms with Crippen LogP contribution in [0.3, 0.4) is 0 Å². The molecule has 14 heteroatoms. The smallest absolute Gasteiger partial charge is 0.317 e. The fourth-order valence-electron chi connectivity index (χ4n) is 5.43. The summed E-state index contributed by atoms with van der Waals surface area (Å²) in [5, 5.41) is 15.6. The van der Waals surface area contributed by atoms with Crippen LogP contribution in [0, 0.1) is 5.92 Å². The average molecular weight is 644 g/mol. The summed E-state index contributed by atoms with van der Waals surface area (Å²) in [6, 6.07) is 9.12. The first-order valence-electron chi connectivity index (χ1n) is 14.6. The van der Waals surface area contributed by atoms with E-state index in [-0.39, 0.29) is 12.6 Å². The van der Waals surface area contributed by atoms with E-state index in [1.165, 1.54) is 0 Å². The molecule has 2 aromatic heterocycles. The van der Waals surface area contributed by atoms with E-state index >= 15 is 0 Å². The summed E-state index contributed by atoms with van der Waals surface area (Å²) in [7, 11) is 1.62. The van der Waals surface area contributed by atoms with Crippen molar-refractivity contribution < 1.29 is 19.4 Å². The Morgan fingerprint density at radius 2 is 1.64 bits per heavy atom. The van der Waals surface area contributed by atoms with Crippen molar-refractivity contribution in [1.82, 2.24) is 35.4 Å². The first-order valence-corrected chi connectivity index (χ1v) is 15.3. The van der Waals surface area contributed by atoms with Crippen LogP contribution in [0.2, 0.25) is 10.0 Å². The second-order valence-corrected chi connectivity index (χ2v) is 11.9. The molecule has 2 aliphatic rings. The van der Waals surface area contributed by atoms with Gasteiger partial charge in [-0.1, -0.05) is 23.2 Å². The number of carbonyl (C=O) groups excluding carboxylic acids is 1. The number of aliphatic carboxylic acids is 1. The van der Waals surface area contributed by atoms with Crippen molar-refractivity contribution >= 4 is 41.2 Å². The summed E-state index contributed by atoms with van der Waals surface area (Å²) in [5.74, 6) is 1.03. The highest BCUT2D eigenvalue weighted by atomic mass is 35.5. The van der Waals surface area contributed by atoms with Gasteiger partial charge in [0.15, 0.2) is 5.75 Å².